The lowest BCUT2D eigenvalue weighted by Gasteiger charge is -2.08. The van der Waals surface area contributed by atoms with Gasteiger partial charge in [0.15, 0.2) is 5.82 Å². The minimum absolute atomic E-state index is 0.397. The van der Waals surface area contributed by atoms with Crippen molar-refractivity contribution < 1.29 is 0 Å². The van der Waals surface area contributed by atoms with E-state index in [9.17, 15) is 0 Å². The lowest BCUT2D eigenvalue weighted by molar-refractivity contribution is 0.787. The first-order valence-electron chi connectivity index (χ1n) is 6.33. The van der Waals surface area contributed by atoms with Crippen LogP contribution in [0.15, 0.2) is 48.5 Å². The van der Waals surface area contributed by atoms with Crippen molar-refractivity contribution in [3.8, 4) is 11.4 Å². The Morgan fingerprint density at radius 1 is 1.00 bits per heavy atom. The topological polar surface area (TPSA) is 67.6 Å². The van der Waals surface area contributed by atoms with E-state index < -0.39 is 6.04 Å². The molecule has 0 saturated carbocycles. The van der Waals surface area contributed by atoms with Crippen molar-refractivity contribution in [1.29, 1.82) is 0 Å². The lowest BCUT2D eigenvalue weighted by Crippen LogP contribution is -2.13. The van der Waals surface area contributed by atoms with Crippen LogP contribution in [0.25, 0.3) is 11.4 Å². The number of hydrogen-bond donors (Lipinski definition) is 2. The van der Waals surface area contributed by atoms with Crippen molar-refractivity contribution in [3.05, 3.63) is 70.0 Å². The first kappa shape index (κ1) is 14.1. The standard InChI is InChI=1S/C15H12Cl2N4/c16-10-7-5-9(6-8-10)13(18)15-19-14(20-21-15)11-3-1-2-4-12(11)17/h1-8,13H,18H2,(H,19,20,21)/t13-/m0/s1. The monoisotopic (exact) mass is 318 g/mol. The van der Waals surface area contributed by atoms with Gasteiger partial charge in [-0.3, -0.25) is 5.10 Å². The molecule has 0 fully saturated rings. The van der Waals surface area contributed by atoms with Gasteiger partial charge in [0.05, 0.1) is 11.1 Å². The molecule has 0 spiro atoms. The molecular formula is C15H12Cl2N4. The Bertz CT molecular complexity index is 752. The van der Waals surface area contributed by atoms with E-state index in [4.69, 9.17) is 28.9 Å². The number of halogens is 2. The molecule has 0 aliphatic rings. The molecule has 3 N–H and O–H groups in total. The average molecular weight is 319 g/mol. The van der Waals surface area contributed by atoms with Gasteiger partial charge in [-0.25, -0.2) is 4.98 Å². The van der Waals surface area contributed by atoms with Gasteiger partial charge in [-0.2, -0.15) is 5.10 Å². The molecule has 0 aliphatic carbocycles. The highest BCUT2D eigenvalue weighted by Crippen LogP contribution is 2.26. The summed E-state index contributed by atoms with van der Waals surface area (Å²) in [6.45, 7) is 0. The smallest absolute Gasteiger partial charge is 0.182 e. The molecule has 1 aromatic heterocycles. The van der Waals surface area contributed by atoms with Crippen LogP contribution in [-0.4, -0.2) is 15.2 Å². The molecule has 3 aromatic rings. The van der Waals surface area contributed by atoms with Gasteiger partial charge in [-0.05, 0) is 29.8 Å². The third kappa shape index (κ3) is 2.93. The molecule has 1 atom stereocenters. The van der Waals surface area contributed by atoms with Gasteiger partial charge in [-0.1, -0.05) is 47.5 Å². The van der Waals surface area contributed by atoms with Crippen molar-refractivity contribution >= 4 is 23.2 Å². The van der Waals surface area contributed by atoms with E-state index in [2.05, 4.69) is 15.2 Å². The summed E-state index contributed by atoms with van der Waals surface area (Å²) in [7, 11) is 0. The first-order valence-corrected chi connectivity index (χ1v) is 7.09. The highest BCUT2D eigenvalue weighted by Gasteiger charge is 2.15. The van der Waals surface area contributed by atoms with Crippen LogP contribution in [0.1, 0.15) is 17.4 Å². The molecule has 0 saturated heterocycles. The number of rotatable bonds is 3. The molecule has 0 radical (unpaired) electrons. The zero-order chi connectivity index (χ0) is 14.8. The van der Waals surface area contributed by atoms with Crippen LogP contribution in [0.3, 0.4) is 0 Å². The summed E-state index contributed by atoms with van der Waals surface area (Å²) in [6.07, 6.45) is 0. The zero-order valence-electron chi connectivity index (χ0n) is 10.9. The van der Waals surface area contributed by atoms with E-state index in [1.165, 1.54) is 0 Å². The van der Waals surface area contributed by atoms with E-state index in [-0.39, 0.29) is 0 Å². The number of nitrogens with zero attached hydrogens (tertiary/aromatic N) is 2. The van der Waals surface area contributed by atoms with E-state index in [1.54, 1.807) is 18.2 Å². The zero-order valence-corrected chi connectivity index (χ0v) is 12.4. The Balaban J connectivity index is 1.91. The number of hydrogen-bond acceptors (Lipinski definition) is 3. The fraction of sp³-hybridized carbons (Fsp3) is 0.0667. The van der Waals surface area contributed by atoms with Gasteiger partial charge in [0.1, 0.15) is 5.82 Å². The van der Waals surface area contributed by atoms with Gasteiger partial charge in [-0.15, -0.1) is 0 Å². The predicted molar refractivity (Wildman–Crippen MR) is 84.3 cm³/mol. The number of aromatic nitrogens is 3. The fourth-order valence-electron chi connectivity index (χ4n) is 2.00. The van der Waals surface area contributed by atoms with Crippen LogP contribution < -0.4 is 5.73 Å². The summed E-state index contributed by atoms with van der Waals surface area (Å²) in [4.78, 5) is 4.43. The van der Waals surface area contributed by atoms with Crippen LogP contribution in [0.2, 0.25) is 10.0 Å². The summed E-state index contributed by atoms with van der Waals surface area (Å²) >= 11 is 12.0. The van der Waals surface area contributed by atoms with Crippen LogP contribution in [0.5, 0.6) is 0 Å². The second kappa shape index (κ2) is 5.85. The minimum atomic E-state index is -0.397. The molecule has 1 heterocycles. The van der Waals surface area contributed by atoms with Crippen LogP contribution in [0, 0.1) is 0 Å². The molecule has 0 amide bonds. The highest BCUT2D eigenvalue weighted by molar-refractivity contribution is 6.33. The summed E-state index contributed by atoms with van der Waals surface area (Å²) in [5, 5.41) is 8.32. The number of aromatic amines is 1. The van der Waals surface area contributed by atoms with E-state index in [0.29, 0.717) is 21.7 Å². The van der Waals surface area contributed by atoms with Gasteiger partial charge < -0.3 is 5.73 Å². The Morgan fingerprint density at radius 3 is 2.43 bits per heavy atom. The second-order valence-corrected chi connectivity index (χ2v) is 5.40. The SMILES string of the molecule is N[C@@H](c1ccc(Cl)cc1)c1nc(-c2ccccc2Cl)n[nH]1. The van der Waals surface area contributed by atoms with Crippen LogP contribution in [0.4, 0.5) is 0 Å². The molecule has 3 rings (SSSR count). The predicted octanol–water partition coefficient (Wildman–Crippen LogP) is 3.83. The third-order valence-electron chi connectivity index (χ3n) is 3.14. The summed E-state index contributed by atoms with van der Waals surface area (Å²) in [5.41, 5.74) is 7.86. The van der Waals surface area contributed by atoms with Gasteiger partial charge in [0.2, 0.25) is 0 Å². The molecule has 106 valence electrons. The minimum Gasteiger partial charge on any atom is -0.318 e. The molecule has 0 aliphatic heterocycles. The van der Waals surface area contributed by atoms with Crippen LogP contribution in [-0.2, 0) is 0 Å². The third-order valence-corrected chi connectivity index (χ3v) is 3.72. The normalized spacial score (nSPS) is 12.3. The Hall–Kier alpha value is -1.88. The fourth-order valence-corrected chi connectivity index (χ4v) is 2.35. The highest BCUT2D eigenvalue weighted by atomic mass is 35.5. The average Bonchev–Trinajstić information content (AvgIpc) is 2.97. The maximum atomic E-state index is 6.19. The molecule has 0 unspecified atom stereocenters. The molecule has 4 nitrogen and oxygen atoms in total. The largest absolute Gasteiger partial charge is 0.318 e. The maximum absolute atomic E-state index is 6.19. The van der Waals surface area contributed by atoms with Crippen molar-refractivity contribution in [2.75, 3.05) is 0 Å². The number of nitrogens with one attached hydrogen (secondary N) is 1. The second-order valence-electron chi connectivity index (χ2n) is 4.55. The van der Waals surface area contributed by atoms with Gasteiger partial charge in [0.25, 0.3) is 0 Å². The Kier molecular flexibility index (Phi) is 3.92. The number of benzene rings is 2. The van der Waals surface area contributed by atoms with Crippen molar-refractivity contribution in [1.82, 2.24) is 15.2 Å². The summed E-state index contributed by atoms with van der Waals surface area (Å²) in [6, 6.07) is 14.3. The number of H-pyrrole nitrogens is 1. The van der Waals surface area contributed by atoms with Crippen molar-refractivity contribution in [2.24, 2.45) is 5.73 Å². The first-order chi connectivity index (χ1) is 10.1. The summed E-state index contributed by atoms with van der Waals surface area (Å²) in [5.74, 6) is 1.10. The van der Waals surface area contributed by atoms with Gasteiger partial charge in [0, 0.05) is 10.6 Å². The van der Waals surface area contributed by atoms with Crippen LogP contribution >= 0.6 is 23.2 Å². The van der Waals surface area contributed by atoms with Gasteiger partial charge >= 0.3 is 0 Å². The quantitative estimate of drug-likeness (QED) is 0.771. The molecule has 21 heavy (non-hydrogen) atoms. The molecule has 6 heteroatoms. The Morgan fingerprint density at radius 2 is 1.71 bits per heavy atom. The van der Waals surface area contributed by atoms with E-state index >= 15 is 0 Å². The number of nitrogens with two attached hydrogens (primary N) is 1. The lowest BCUT2D eigenvalue weighted by atomic mass is 10.1. The molecule has 2 aromatic carbocycles. The van der Waals surface area contributed by atoms with E-state index in [0.717, 1.165) is 11.1 Å². The maximum Gasteiger partial charge on any atom is 0.182 e. The Labute approximate surface area is 131 Å². The molecular weight excluding hydrogens is 307 g/mol. The molecule has 0 bridgehead atoms. The van der Waals surface area contributed by atoms with E-state index in [1.807, 2.05) is 30.3 Å². The summed E-state index contributed by atoms with van der Waals surface area (Å²) < 4.78 is 0. The van der Waals surface area contributed by atoms with Crippen molar-refractivity contribution in [3.63, 3.8) is 0 Å². The van der Waals surface area contributed by atoms with Crippen molar-refractivity contribution in [2.45, 2.75) is 6.04 Å².